The molecule has 1 atom stereocenters. The summed E-state index contributed by atoms with van der Waals surface area (Å²) in [6, 6.07) is 4.05. The first-order chi connectivity index (χ1) is 10.1. The van der Waals surface area contributed by atoms with E-state index in [1.165, 1.54) is 6.07 Å². The van der Waals surface area contributed by atoms with Crippen LogP contribution in [0.5, 0.6) is 5.75 Å². The number of benzene rings is 1. The Morgan fingerprint density at radius 3 is 2.55 bits per heavy atom. The van der Waals surface area contributed by atoms with E-state index >= 15 is 0 Å². The Morgan fingerprint density at radius 2 is 2.00 bits per heavy atom. The van der Waals surface area contributed by atoms with Gasteiger partial charge in [0.05, 0.1) is 0 Å². The summed E-state index contributed by atoms with van der Waals surface area (Å²) in [6.07, 6.45) is 0.352. The fourth-order valence-corrected chi connectivity index (χ4v) is 2.53. The number of hydrogen-bond donors (Lipinski definition) is 1. The summed E-state index contributed by atoms with van der Waals surface area (Å²) in [5.74, 6) is -0.382. The van der Waals surface area contributed by atoms with Crippen molar-refractivity contribution in [2.24, 2.45) is 5.73 Å². The summed E-state index contributed by atoms with van der Waals surface area (Å²) in [6.45, 7) is 2.37. The molecule has 124 valence electrons. The van der Waals surface area contributed by atoms with Crippen LogP contribution in [0, 0.1) is 0 Å². The lowest BCUT2D eigenvalue weighted by molar-refractivity contribution is -0.155. The Balaban J connectivity index is 2.77. The molecule has 1 aromatic rings. The van der Waals surface area contributed by atoms with Crippen molar-refractivity contribution in [1.29, 1.82) is 0 Å². The molecule has 0 spiro atoms. The quantitative estimate of drug-likeness (QED) is 0.753. The third-order valence-electron chi connectivity index (χ3n) is 2.68. The summed E-state index contributed by atoms with van der Waals surface area (Å²) in [4.78, 5) is 11.7. The van der Waals surface area contributed by atoms with E-state index in [1.54, 1.807) is 32.9 Å². The Morgan fingerprint density at radius 1 is 1.36 bits per heavy atom. The third-order valence-corrected chi connectivity index (χ3v) is 3.37. The number of halogens is 3. The predicted molar refractivity (Wildman–Crippen MR) is 82.8 cm³/mol. The van der Waals surface area contributed by atoms with E-state index in [9.17, 15) is 13.6 Å². The van der Waals surface area contributed by atoms with Gasteiger partial charge in [-0.15, -0.1) is 0 Å². The SMILES string of the molecule is CC(C)(C)OC(=O)CC[C@@H](N)c1c(Br)cccc1OC(F)F. The molecule has 0 saturated carbocycles. The summed E-state index contributed by atoms with van der Waals surface area (Å²) in [5, 5.41) is 0. The number of nitrogens with two attached hydrogens (primary N) is 1. The van der Waals surface area contributed by atoms with Crippen LogP contribution in [-0.2, 0) is 9.53 Å². The smallest absolute Gasteiger partial charge is 0.387 e. The normalized spacial score (nSPS) is 13.1. The molecule has 0 amide bonds. The standard InChI is InChI=1S/C15H20BrF2NO3/c1-15(2,3)22-12(20)8-7-10(19)13-9(16)5-4-6-11(13)21-14(17)18/h4-6,10,14H,7-8,19H2,1-3H3/t10-/m1/s1. The molecule has 1 aromatic carbocycles. The summed E-state index contributed by atoms with van der Waals surface area (Å²) >= 11 is 3.27. The molecule has 0 saturated heterocycles. The van der Waals surface area contributed by atoms with Gasteiger partial charge < -0.3 is 15.2 Å². The van der Waals surface area contributed by atoms with Gasteiger partial charge in [-0.2, -0.15) is 8.78 Å². The van der Waals surface area contributed by atoms with E-state index in [0.717, 1.165) is 0 Å². The highest BCUT2D eigenvalue weighted by Crippen LogP contribution is 2.34. The molecule has 0 bridgehead atoms. The largest absolute Gasteiger partial charge is 0.460 e. The molecule has 0 unspecified atom stereocenters. The average Bonchev–Trinajstić information content (AvgIpc) is 2.33. The van der Waals surface area contributed by atoms with Crippen molar-refractivity contribution in [3.63, 3.8) is 0 Å². The van der Waals surface area contributed by atoms with Gasteiger partial charge in [-0.05, 0) is 39.3 Å². The van der Waals surface area contributed by atoms with Crippen LogP contribution >= 0.6 is 15.9 Å². The van der Waals surface area contributed by atoms with Crippen molar-refractivity contribution in [2.75, 3.05) is 0 Å². The lowest BCUT2D eigenvalue weighted by Gasteiger charge is -2.21. The van der Waals surface area contributed by atoms with Gasteiger partial charge in [-0.3, -0.25) is 4.79 Å². The summed E-state index contributed by atoms with van der Waals surface area (Å²) in [5.41, 5.74) is 5.86. The average molecular weight is 380 g/mol. The second-order valence-electron chi connectivity index (χ2n) is 5.76. The molecular formula is C15H20BrF2NO3. The lowest BCUT2D eigenvalue weighted by atomic mass is 10.0. The van der Waals surface area contributed by atoms with Crippen molar-refractivity contribution >= 4 is 21.9 Å². The highest BCUT2D eigenvalue weighted by molar-refractivity contribution is 9.10. The zero-order valence-electron chi connectivity index (χ0n) is 12.7. The molecule has 22 heavy (non-hydrogen) atoms. The number of rotatable bonds is 6. The van der Waals surface area contributed by atoms with Crippen LogP contribution in [-0.4, -0.2) is 18.2 Å². The first kappa shape index (κ1) is 18.8. The molecule has 2 N–H and O–H groups in total. The van der Waals surface area contributed by atoms with E-state index in [1.807, 2.05) is 0 Å². The molecule has 7 heteroatoms. The van der Waals surface area contributed by atoms with Gasteiger partial charge in [0.1, 0.15) is 11.4 Å². The molecule has 0 heterocycles. The number of carbonyl (C=O) groups is 1. The minimum Gasteiger partial charge on any atom is -0.460 e. The van der Waals surface area contributed by atoms with Gasteiger partial charge >= 0.3 is 12.6 Å². The number of esters is 1. The number of ether oxygens (including phenoxy) is 2. The lowest BCUT2D eigenvalue weighted by Crippen LogP contribution is -2.24. The summed E-state index contributed by atoms with van der Waals surface area (Å²) in [7, 11) is 0. The first-order valence-electron chi connectivity index (χ1n) is 6.81. The van der Waals surface area contributed by atoms with Crippen LogP contribution in [0.1, 0.15) is 45.2 Å². The topological polar surface area (TPSA) is 61.5 Å². The fraction of sp³-hybridized carbons (Fsp3) is 0.533. The Kier molecular flexibility index (Phi) is 6.74. The molecule has 0 aliphatic heterocycles. The molecule has 0 radical (unpaired) electrons. The van der Waals surface area contributed by atoms with Crippen LogP contribution in [0.2, 0.25) is 0 Å². The molecule has 0 aliphatic rings. The highest BCUT2D eigenvalue weighted by atomic mass is 79.9. The van der Waals surface area contributed by atoms with Crippen molar-refractivity contribution < 1.29 is 23.0 Å². The first-order valence-corrected chi connectivity index (χ1v) is 7.60. The third kappa shape index (κ3) is 6.27. The second-order valence-corrected chi connectivity index (χ2v) is 6.62. The van der Waals surface area contributed by atoms with Crippen molar-refractivity contribution in [3.05, 3.63) is 28.2 Å². The van der Waals surface area contributed by atoms with E-state index in [0.29, 0.717) is 10.0 Å². The van der Waals surface area contributed by atoms with Crippen molar-refractivity contribution in [1.82, 2.24) is 0 Å². The number of alkyl halides is 2. The summed E-state index contributed by atoms with van der Waals surface area (Å²) < 4.78 is 35.1. The molecule has 0 aromatic heterocycles. The van der Waals surface area contributed by atoms with Gasteiger partial charge in [0.15, 0.2) is 0 Å². The predicted octanol–water partition coefficient (Wildman–Crippen LogP) is 4.17. The van der Waals surface area contributed by atoms with Gasteiger partial charge in [0, 0.05) is 22.5 Å². The molecule has 1 rings (SSSR count). The van der Waals surface area contributed by atoms with Gasteiger partial charge in [0.2, 0.25) is 0 Å². The molecule has 4 nitrogen and oxygen atoms in total. The zero-order chi connectivity index (χ0) is 16.9. The molecular weight excluding hydrogens is 360 g/mol. The van der Waals surface area contributed by atoms with Gasteiger partial charge in [0.25, 0.3) is 0 Å². The minimum atomic E-state index is -2.94. The van der Waals surface area contributed by atoms with Gasteiger partial charge in [-0.25, -0.2) is 0 Å². The Bertz CT molecular complexity index is 518. The maximum absolute atomic E-state index is 12.4. The Labute approximate surface area is 137 Å². The maximum Gasteiger partial charge on any atom is 0.387 e. The number of hydrogen-bond acceptors (Lipinski definition) is 4. The van der Waals surface area contributed by atoms with E-state index in [4.69, 9.17) is 10.5 Å². The van der Waals surface area contributed by atoms with Gasteiger partial charge in [-0.1, -0.05) is 22.0 Å². The fourth-order valence-electron chi connectivity index (χ4n) is 1.89. The van der Waals surface area contributed by atoms with E-state index < -0.39 is 18.3 Å². The second kappa shape index (κ2) is 7.87. The van der Waals surface area contributed by atoms with Crippen LogP contribution in [0.15, 0.2) is 22.7 Å². The van der Waals surface area contributed by atoms with Crippen LogP contribution in [0.25, 0.3) is 0 Å². The minimum absolute atomic E-state index is 0.000985. The maximum atomic E-state index is 12.4. The van der Waals surface area contributed by atoms with Crippen LogP contribution < -0.4 is 10.5 Å². The van der Waals surface area contributed by atoms with E-state index in [2.05, 4.69) is 20.7 Å². The van der Waals surface area contributed by atoms with Crippen molar-refractivity contribution in [3.8, 4) is 5.75 Å². The Hall–Kier alpha value is -1.21. The van der Waals surface area contributed by atoms with E-state index in [-0.39, 0.29) is 24.6 Å². The number of carbonyl (C=O) groups excluding carboxylic acids is 1. The van der Waals surface area contributed by atoms with Crippen LogP contribution in [0.4, 0.5) is 8.78 Å². The molecule has 0 aliphatic carbocycles. The monoisotopic (exact) mass is 379 g/mol. The molecule has 0 fully saturated rings. The van der Waals surface area contributed by atoms with Crippen LogP contribution in [0.3, 0.4) is 0 Å². The highest BCUT2D eigenvalue weighted by Gasteiger charge is 2.21. The zero-order valence-corrected chi connectivity index (χ0v) is 14.3. The van der Waals surface area contributed by atoms with Crippen molar-refractivity contribution in [2.45, 2.75) is 51.9 Å².